The lowest BCUT2D eigenvalue weighted by Crippen LogP contribution is -2.54. The van der Waals surface area contributed by atoms with Gasteiger partial charge < -0.3 is 24.3 Å². The standard InChI is InChI=1S/C22H28N4O4/c1-17(24-8-10-26(11-9-24)22(28)20-3-2-14-30-20)21(27)23-18-4-6-19(7-5-18)25-12-15-29-16-13-25/h2-7,14,17H,8-13,15-16H2,1H3,(H,23,27)/t17-/m1/s1. The number of rotatable bonds is 5. The van der Waals surface area contributed by atoms with Gasteiger partial charge in [-0.2, -0.15) is 0 Å². The Labute approximate surface area is 176 Å². The number of hydrogen-bond acceptors (Lipinski definition) is 6. The number of piperazine rings is 1. The van der Waals surface area contributed by atoms with Gasteiger partial charge in [-0.1, -0.05) is 0 Å². The molecule has 8 nitrogen and oxygen atoms in total. The first-order chi connectivity index (χ1) is 14.6. The summed E-state index contributed by atoms with van der Waals surface area (Å²) in [5.74, 6) is 0.215. The number of nitrogens with one attached hydrogen (secondary N) is 1. The van der Waals surface area contributed by atoms with E-state index in [0.717, 1.165) is 37.7 Å². The maximum atomic E-state index is 12.7. The molecule has 4 rings (SSSR count). The van der Waals surface area contributed by atoms with E-state index in [1.807, 2.05) is 31.2 Å². The zero-order chi connectivity index (χ0) is 20.9. The van der Waals surface area contributed by atoms with Crippen LogP contribution in [0, 0.1) is 0 Å². The molecule has 2 amide bonds. The Morgan fingerprint density at radius 1 is 0.967 bits per heavy atom. The van der Waals surface area contributed by atoms with Gasteiger partial charge in [-0.25, -0.2) is 0 Å². The number of benzene rings is 1. The molecule has 0 bridgehead atoms. The Balaban J connectivity index is 1.27. The SMILES string of the molecule is C[C@H](C(=O)Nc1ccc(N2CCOCC2)cc1)N1CCN(C(=O)c2ccco2)CC1. The first-order valence-corrected chi connectivity index (χ1v) is 10.4. The van der Waals surface area contributed by atoms with E-state index >= 15 is 0 Å². The Morgan fingerprint density at radius 3 is 2.30 bits per heavy atom. The van der Waals surface area contributed by atoms with Gasteiger partial charge in [0.2, 0.25) is 5.91 Å². The first kappa shape index (κ1) is 20.4. The van der Waals surface area contributed by atoms with Crippen molar-refractivity contribution in [3.63, 3.8) is 0 Å². The third-order valence-electron chi connectivity index (χ3n) is 5.77. The van der Waals surface area contributed by atoms with Crippen LogP contribution in [0.15, 0.2) is 47.1 Å². The molecule has 8 heteroatoms. The van der Waals surface area contributed by atoms with Crippen molar-refractivity contribution in [3.05, 3.63) is 48.4 Å². The molecular weight excluding hydrogens is 384 g/mol. The molecular formula is C22H28N4O4. The Morgan fingerprint density at radius 2 is 1.67 bits per heavy atom. The highest BCUT2D eigenvalue weighted by molar-refractivity contribution is 5.95. The zero-order valence-electron chi connectivity index (χ0n) is 17.3. The fraction of sp³-hybridized carbons (Fsp3) is 0.455. The van der Waals surface area contributed by atoms with E-state index in [-0.39, 0.29) is 17.9 Å². The van der Waals surface area contributed by atoms with Gasteiger partial charge in [-0.15, -0.1) is 0 Å². The maximum absolute atomic E-state index is 12.7. The van der Waals surface area contributed by atoms with E-state index < -0.39 is 0 Å². The minimum Gasteiger partial charge on any atom is -0.459 e. The summed E-state index contributed by atoms with van der Waals surface area (Å²) < 4.78 is 10.6. The number of carbonyl (C=O) groups excluding carboxylic acids is 2. The molecule has 1 atom stereocenters. The van der Waals surface area contributed by atoms with E-state index in [0.29, 0.717) is 31.9 Å². The van der Waals surface area contributed by atoms with Gasteiger partial charge in [0, 0.05) is 50.6 Å². The van der Waals surface area contributed by atoms with E-state index in [9.17, 15) is 9.59 Å². The lowest BCUT2D eigenvalue weighted by atomic mass is 10.2. The van der Waals surface area contributed by atoms with E-state index in [4.69, 9.17) is 9.15 Å². The van der Waals surface area contributed by atoms with Crippen LogP contribution in [0.5, 0.6) is 0 Å². The quantitative estimate of drug-likeness (QED) is 0.808. The molecule has 2 aliphatic heterocycles. The van der Waals surface area contributed by atoms with Crippen LogP contribution in [0.2, 0.25) is 0 Å². The number of nitrogens with zero attached hydrogens (tertiary/aromatic N) is 3. The first-order valence-electron chi connectivity index (χ1n) is 10.4. The van der Waals surface area contributed by atoms with Crippen LogP contribution in [-0.2, 0) is 9.53 Å². The predicted octanol–water partition coefficient (Wildman–Crippen LogP) is 1.90. The summed E-state index contributed by atoms with van der Waals surface area (Å²) in [4.78, 5) is 31.3. The molecule has 1 aromatic carbocycles. The van der Waals surface area contributed by atoms with Crippen molar-refractivity contribution in [2.24, 2.45) is 0 Å². The molecule has 3 heterocycles. The molecule has 2 fully saturated rings. The third kappa shape index (κ3) is 4.66. The smallest absolute Gasteiger partial charge is 0.289 e. The molecule has 160 valence electrons. The van der Waals surface area contributed by atoms with Crippen molar-refractivity contribution in [3.8, 4) is 0 Å². The lowest BCUT2D eigenvalue weighted by molar-refractivity contribution is -0.121. The van der Waals surface area contributed by atoms with Crippen LogP contribution < -0.4 is 10.2 Å². The number of morpholine rings is 1. The summed E-state index contributed by atoms with van der Waals surface area (Å²) in [7, 11) is 0. The fourth-order valence-corrected chi connectivity index (χ4v) is 3.86. The highest BCUT2D eigenvalue weighted by Crippen LogP contribution is 2.20. The van der Waals surface area contributed by atoms with Crippen LogP contribution in [0.1, 0.15) is 17.5 Å². The van der Waals surface area contributed by atoms with E-state index in [1.54, 1.807) is 17.0 Å². The molecule has 2 aliphatic rings. The van der Waals surface area contributed by atoms with Crippen LogP contribution in [0.25, 0.3) is 0 Å². The predicted molar refractivity (Wildman–Crippen MR) is 114 cm³/mol. The fourth-order valence-electron chi connectivity index (χ4n) is 3.86. The number of carbonyl (C=O) groups is 2. The molecule has 0 spiro atoms. The average molecular weight is 412 g/mol. The summed E-state index contributed by atoms with van der Waals surface area (Å²) in [5.41, 5.74) is 1.93. The van der Waals surface area contributed by atoms with Gasteiger partial charge in [-0.05, 0) is 43.3 Å². The topological polar surface area (TPSA) is 78.3 Å². The van der Waals surface area contributed by atoms with Crippen LogP contribution in [0.4, 0.5) is 11.4 Å². The van der Waals surface area contributed by atoms with Gasteiger partial charge >= 0.3 is 0 Å². The maximum Gasteiger partial charge on any atom is 0.289 e. The van der Waals surface area contributed by atoms with Crippen molar-refractivity contribution in [2.45, 2.75) is 13.0 Å². The van der Waals surface area contributed by atoms with E-state index in [2.05, 4.69) is 15.1 Å². The Hall–Kier alpha value is -2.84. The molecule has 2 saturated heterocycles. The van der Waals surface area contributed by atoms with Gasteiger partial charge in [0.15, 0.2) is 5.76 Å². The molecule has 0 saturated carbocycles. The number of ether oxygens (including phenoxy) is 1. The van der Waals surface area contributed by atoms with Crippen LogP contribution in [-0.4, -0.2) is 80.1 Å². The van der Waals surface area contributed by atoms with E-state index in [1.165, 1.54) is 6.26 Å². The summed E-state index contributed by atoms with van der Waals surface area (Å²) in [6.07, 6.45) is 1.50. The van der Waals surface area contributed by atoms with Crippen LogP contribution in [0.3, 0.4) is 0 Å². The minimum absolute atomic E-state index is 0.0417. The largest absolute Gasteiger partial charge is 0.459 e. The van der Waals surface area contributed by atoms with Crippen LogP contribution >= 0.6 is 0 Å². The second kappa shape index (κ2) is 9.32. The summed E-state index contributed by atoms with van der Waals surface area (Å²) in [5, 5.41) is 3.01. The minimum atomic E-state index is -0.273. The monoisotopic (exact) mass is 412 g/mol. The second-order valence-corrected chi connectivity index (χ2v) is 7.62. The third-order valence-corrected chi connectivity index (χ3v) is 5.77. The molecule has 2 aromatic rings. The highest BCUT2D eigenvalue weighted by Gasteiger charge is 2.28. The molecule has 0 unspecified atom stereocenters. The van der Waals surface area contributed by atoms with Crippen molar-refractivity contribution in [1.29, 1.82) is 0 Å². The van der Waals surface area contributed by atoms with Crippen molar-refractivity contribution in [2.75, 3.05) is 62.7 Å². The second-order valence-electron chi connectivity index (χ2n) is 7.62. The summed E-state index contributed by atoms with van der Waals surface area (Å²) >= 11 is 0. The molecule has 0 aliphatic carbocycles. The molecule has 1 N–H and O–H groups in total. The average Bonchev–Trinajstić information content (AvgIpc) is 3.34. The Bertz CT molecular complexity index is 839. The molecule has 1 aromatic heterocycles. The van der Waals surface area contributed by atoms with Gasteiger partial charge in [0.25, 0.3) is 5.91 Å². The lowest BCUT2D eigenvalue weighted by Gasteiger charge is -2.37. The van der Waals surface area contributed by atoms with Gasteiger partial charge in [-0.3, -0.25) is 14.5 Å². The van der Waals surface area contributed by atoms with Gasteiger partial charge in [0.05, 0.1) is 25.5 Å². The van der Waals surface area contributed by atoms with Gasteiger partial charge in [0.1, 0.15) is 0 Å². The zero-order valence-corrected chi connectivity index (χ0v) is 17.3. The number of furan rings is 1. The Kier molecular flexibility index (Phi) is 6.35. The number of anilines is 2. The summed E-state index contributed by atoms with van der Waals surface area (Å²) in [6, 6.07) is 11.1. The van der Waals surface area contributed by atoms with Crippen molar-refractivity contribution >= 4 is 23.2 Å². The van der Waals surface area contributed by atoms with Crippen molar-refractivity contribution < 1.29 is 18.7 Å². The highest BCUT2D eigenvalue weighted by atomic mass is 16.5. The number of hydrogen-bond donors (Lipinski definition) is 1. The van der Waals surface area contributed by atoms with Crippen molar-refractivity contribution in [1.82, 2.24) is 9.80 Å². The molecule has 30 heavy (non-hydrogen) atoms. The molecule has 0 radical (unpaired) electrons. The summed E-state index contributed by atoms with van der Waals surface area (Å²) in [6.45, 7) is 7.62. The normalized spacial score (nSPS) is 18.8. The number of amides is 2.